The molecule has 80 valence electrons. The van der Waals surface area contributed by atoms with E-state index in [4.69, 9.17) is 9.47 Å². The number of fused-ring (bicyclic) bond motifs is 3. The number of ether oxygens (including phenoxy) is 2. The minimum absolute atomic E-state index is 0.0804. The van der Waals surface area contributed by atoms with Crippen molar-refractivity contribution >= 4 is 15.9 Å². The van der Waals surface area contributed by atoms with Gasteiger partial charge in [-0.1, -0.05) is 15.9 Å². The van der Waals surface area contributed by atoms with Crippen molar-refractivity contribution in [1.29, 1.82) is 0 Å². The molecule has 0 spiro atoms. The third-order valence-corrected chi connectivity index (χ3v) is 4.92. The van der Waals surface area contributed by atoms with Crippen molar-refractivity contribution in [2.75, 3.05) is 5.33 Å². The van der Waals surface area contributed by atoms with Crippen LogP contribution in [0.1, 0.15) is 20.3 Å². The summed E-state index contributed by atoms with van der Waals surface area (Å²) in [4.78, 5) is 0. The molecule has 3 rings (SSSR count). The van der Waals surface area contributed by atoms with Crippen molar-refractivity contribution < 1.29 is 14.6 Å². The lowest BCUT2D eigenvalue weighted by atomic mass is 10.0. The third-order valence-electron chi connectivity index (χ3n) is 3.87. The van der Waals surface area contributed by atoms with Crippen molar-refractivity contribution in [2.24, 2.45) is 11.3 Å². The maximum absolute atomic E-state index is 10.0. The molecule has 0 aromatic carbocycles. The van der Waals surface area contributed by atoms with Crippen LogP contribution in [-0.2, 0) is 9.47 Å². The Morgan fingerprint density at radius 1 is 1.43 bits per heavy atom. The maximum atomic E-state index is 10.0. The van der Waals surface area contributed by atoms with Crippen LogP contribution < -0.4 is 0 Å². The van der Waals surface area contributed by atoms with Crippen molar-refractivity contribution in [3.05, 3.63) is 0 Å². The molecule has 14 heavy (non-hydrogen) atoms. The van der Waals surface area contributed by atoms with Crippen LogP contribution in [-0.4, -0.2) is 34.5 Å². The lowest BCUT2D eigenvalue weighted by Crippen LogP contribution is -2.33. The second-order valence-electron chi connectivity index (χ2n) is 5.19. The van der Waals surface area contributed by atoms with Crippen molar-refractivity contribution in [3.63, 3.8) is 0 Å². The third kappa shape index (κ3) is 0.979. The summed E-state index contributed by atoms with van der Waals surface area (Å²) in [5.74, 6) is -0.146. The van der Waals surface area contributed by atoms with Gasteiger partial charge in [0, 0.05) is 10.7 Å². The molecule has 1 heterocycles. The van der Waals surface area contributed by atoms with Gasteiger partial charge < -0.3 is 14.6 Å². The summed E-state index contributed by atoms with van der Waals surface area (Å²) in [5, 5.41) is 10.9. The van der Waals surface area contributed by atoms with Crippen molar-refractivity contribution in [3.8, 4) is 0 Å². The van der Waals surface area contributed by atoms with Crippen LogP contribution >= 0.6 is 15.9 Å². The van der Waals surface area contributed by atoms with Gasteiger partial charge >= 0.3 is 0 Å². The monoisotopic (exact) mass is 262 g/mol. The first kappa shape index (κ1) is 9.58. The van der Waals surface area contributed by atoms with E-state index < -0.39 is 5.79 Å². The van der Waals surface area contributed by atoms with Crippen LogP contribution in [0.5, 0.6) is 0 Å². The largest absolute Gasteiger partial charge is 0.390 e. The average Bonchev–Trinajstić information content (AvgIpc) is 2.71. The van der Waals surface area contributed by atoms with E-state index in [1.807, 2.05) is 13.8 Å². The highest BCUT2D eigenvalue weighted by Crippen LogP contribution is 2.68. The molecule has 0 aromatic rings. The summed E-state index contributed by atoms with van der Waals surface area (Å²) in [6, 6.07) is 0. The SMILES string of the molecule is CC1(C)O[C@H]2[C@@H](O)[C@H]3C[C@]3(CBr)[C@H]2O1. The first-order valence-electron chi connectivity index (χ1n) is 5.10. The van der Waals surface area contributed by atoms with E-state index in [-0.39, 0.29) is 23.7 Å². The minimum Gasteiger partial charge on any atom is -0.390 e. The molecule has 0 unspecified atom stereocenters. The van der Waals surface area contributed by atoms with Gasteiger partial charge in [0.1, 0.15) is 6.10 Å². The molecule has 3 fully saturated rings. The molecular formula is C10H15BrO3. The van der Waals surface area contributed by atoms with Gasteiger partial charge in [-0.3, -0.25) is 0 Å². The van der Waals surface area contributed by atoms with Gasteiger partial charge in [0.2, 0.25) is 0 Å². The summed E-state index contributed by atoms with van der Waals surface area (Å²) in [6.45, 7) is 3.83. The van der Waals surface area contributed by atoms with Gasteiger partial charge in [-0.25, -0.2) is 0 Å². The molecule has 0 amide bonds. The Kier molecular flexibility index (Phi) is 1.74. The molecule has 1 N–H and O–H groups in total. The van der Waals surface area contributed by atoms with Crippen LogP contribution in [0.3, 0.4) is 0 Å². The topological polar surface area (TPSA) is 38.7 Å². The molecule has 1 saturated heterocycles. The molecule has 2 aliphatic carbocycles. The average molecular weight is 263 g/mol. The highest BCUT2D eigenvalue weighted by atomic mass is 79.9. The summed E-state index contributed by atoms with van der Waals surface area (Å²) < 4.78 is 11.6. The van der Waals surface area contributed by atoms with E-state index in [0.29, 0.717) is 5.92 Å². The predicted octanol–water partition coefficient (Wildman–Crippen LogP) is 1.28. The van der Waals surface area contributed by atoms with E-state index in [0.717, 1.165) is 11.8 Å². The number of aliphatic hydroxyl groups is 1. The van der Waals surface area contributed by atoms with E-state index in [1.165, 1.54) is 0 Å². The van der Waals surface area contributed by atoms with Crippen molar-refractivity contribution in [2.45, 2.75) is 44.4 Å². The van der Waals surface area contributed by atoms with Gasteiger partial charge in [-0.05, 0) is 26.2 Å². The summed E-state index contributed by atoms with van der Waals surface area (Å²) in [6.07, 6.45) is 0.706. The van der Waals surface area contributed by atoms with Gasteiger partial charge in [0.15, 0.2) is 5.79 Å². The van der Waals surface area contributed by atoms with Gasteiger partial charge in [0.25, 0.3) is 0 Å². The lowest BCUT2D eigenvalue weighted by Gasteiger charge is -2.21. The lowest BCUT2D eigenvalue weighted by molar-refractivity contribution is -0.166. The standard InChI is InChI=1S/C10H15BrO3/c1-9(2)13-7-6(12)5-3-10(5,4-11)8(7)14-9/h5-8,12H,3-4H2,1-2H3/t5-,6+,7+,8+,10-/m1/s1. The number of halogens is 1. The van der Waals surface area contributed by atoms with Gasteiger partial charge in [0.05, 0.1) is 12.2 Å². The Labute approximate surface area is 91.9 Å². The Bertz CT molecular complexity index is 281. The Morgan fingerprint density at radius 3 is 2.79 bits per heavy atom. The van der Waals surface area contributed by atoms with Crippen molar-refractivity contribution in [1.82, 2.24) is 0 Å². The number of hydrogen-bond donors (Lipinski definition) is 1. The van der Waals surface area contributed by atoms with E-state index in [2.05, 4.69) is 15.9 Å². The highest BCUT2D eigenvalue weighted by Gasteiger charge is 2.74. The normalized spacial score (nSPS) is 58.3. The van der Waals surface area contributed by atoms with E-state index in [9.17, 15) is 5.11 Å². The number of rotatable bonds is 1. The Hall–Kier alpha value is 0.360. The molecule has 4 heteroatoms. The second kappa shape index (κ2) is 2.54. The van der Waals surface area contributed by atoms with Gasteiger partial charge in [-0.15, -0.1) is 0 Å². The fourth-order valence-corrected chi connectivity index (χ4v) is 4.04. The van der Waals surface area contributed by atoms with Gasteiger partial charge in [-0.2, -0.15) is 0 Å². The summed E-state index contributed by atoms with van der Waals surface area (Å²) >= 11 is 3.53. The number of hydrogen-bond acceptors (Lipinski definition) is 3. The predicted molar refractivity (Wildman–Crippen MR) is 54.2 cm³/mol. The van der Waals surface area contributed by atoms with Crippen LogP contribution in [0.2, 0.25) is 0 Å². The molecule has 0 bridgehead atoms. The van der Waals surface area contributed by atoms with E-state index >= 15 is 0 Å². The molecule has 0 aromatic heterocycles. The molecule has 5 atom stereocenters. The zero-order valence-corrected chi connectivity index (χ0v) is 9.95. The first-order valence-corrected chi connectivity index (χ1v) is 6.22. The molecule has 3 aliphatic rings. The second-order valence-corrected chi connectivity index (χ2v) is 5.75. The smallest absolute Gasteiger partial charge is 0.163 e. The van der Waals surface area contributed by atoms with Crippen LogP contribution in [0.15, 0.2) is 0 Å². The molecule has 2 saturated carbocycles. The van der Waals surface area contributed by atoms with E-state index in [1.54, 1.807) is 0 Å². The van der Waals surface area contributed by atoms with Crippen LogP contribution in [0.25, 0.3) is 0 Å². The zero-order chi connectivity index (χ0) is 10.1. The summed E-state index contributed by atoms with van der Waals surface area (Å²) in [7, 11) is 0. The quantitative estimate of drug-likeness (QED) is 0.724. The fraction of sp³-hybridized carbons (Fsp3) is 1.00. The maximum Gasteiger partial charge on any atom is 0.163 e. The fourth-order valence-electron chi connectivity index (χ4n) is 3.08. The minimum atomic E-state index is -0.529. The highest BCUT2D eigenvalue weighted by molar-refractivity contribution is 9.09. The number of alkyl halides is 1. The molecular weight excluding hydrogens is 248 g/mol. The number of aliphatic hydroxyl groups excluding tert-OH is 1. The summed E-state index contributed by atoms with van der Waals surface area (Å²) in [5.41, 5.74) is 0.151. The molecule has 3 nitrogen and oxygen atoms in total. The molecule has 0 radical (unpaired) electrons. The first-order chi connectivity index (χ1) is 6.50. The molecule has 1 aliphatic heterocycles. The van der Waals surface area contributed by atoms with Crippen LogP contribution in [0.4, 0.5) is 0 Å². The zero-order valence-electron chi connectivity index (χ0n) is 8.37. The Morgan fingerprint density at radius 2 is 2.14 bits per heavy atom. The Balaban J connectivity index is 1.91. The van der Waals surface area contributed by atoms with Crippen LogP contribution in [0, 0.1) is 11.3 Å².